The zero-order chi connectivity index (χ0) is 19.3. The molecule has 0 unspecified atom stereocenters. The third-order valence-corrected chi connectivity index (χ3v) is 5.00. The topological polar surface area (TPSA) is 93.0 Å². The number of aryl methyl sites for hydroxylation is 1. The molecule has 2 heterocycles. The molecular weight excluding hydrogens is 356 g/mol. The van der Waals surface area contributed by atoms with Gasteiger partial charge < -0.3 is 10.2 Å². The normalized spacial score (nSPS) is 16.6. The lowest BCUT2D eigenvalue weighted by Gasteiger charge is -2.18. The quantitative estimate of drug-likeness (QED) is 0.673. The standard InChI is InChI=1S/C20H22N6O2/c27-19(9-4-10-26-14-21-23-24-26)22-17-11-20(28)25(13-17)12-16-7-3-6-15-5-1-2-8-18(15)16/h1-3,5-8,14,17H,4,9-13H2,(H,22,27)/t17-/m1/s1. The van der Waals surface area contributed by atoms with Crippen LogP contribution in [0.25, 0.3) is 10.8 Å². The molecule has 28 heavy (non-hydrogen) atoms. The summed E-state index contributed by atoms with van der Waals surface area (Å²) in [6, 6.07) is 14.2. The van der Waals surface area contributed by atoms with Crippen LogP contribution in [0, 0.1) is 0 Å². The highest BCUT2D eigenvalue weighted by Gasteiger charge is 2.30. The van der Waals surface area contributed by atoms with Crippen molar-refractivity contribution in [3.63, 3.8) is 0 Å². The molecule has 8 heteroatoms. The van der Waals surface area contributed by atoms with Gasteiger partial charge in [0.2, 0.25) is 11.8 Å². The molecule has 1 saturated heterocycles. The number of hydrogen-bond donors (Lipinski definition) is 1. The number of tetrazole rings is 1. The van der Waals surface area contributed by atoms with Gasteiger partial charge in [0.1, 0.15) is 6.33 Å². The van der Waals surface area contributed by atoms with E-state index in [4.69, 9.17) is 0 Å². The molecule has 0 radical (unpaired) electrons. The van der Waals surface area contributed by atoms with Gasteiger partial charge in [0.25, 0.3) is 0 Å². The Labute approximate surface area is 162 Å². The molecule has 2 aromatic carbocycles. The highest BCUT2D eigenvalue weighted by molar-refractivity contribution is 5.87. The lowest BCUT2D eigenvalue weighted by Crippen LogP contribution is -2.37. The Morgan fingerprint density at radius 1 is 1.18 bits per heavy atom. The van der Waals surface area contributed by atoms with Crippen molar-refractivity contribution in [1.82, 2.24) is 30.4 Å². The second-order valence-electron chi connectivity index (χ2n) is 7.06. The predicted octanol–water partition coefficient (Wildman–Crippen LogP) is 1.52. The lowest BCUT2D eigenvalue weighted by molar-refractivity contribution is -0.128. The van der Waals surface area contributed by atoms with Crippen molar-refractivity contribution in [2.45, 2.75) is 38.4 Å². The zero-order valence-electron chi connectivity index (χ0n) is 15.5. The Morgan fingerprint density at radius 3 is 2.89 bits per heavy atom. The summed E-state index contributed by atoms with van der Waals surface area (Å²) >= 11 is 0. The van der Waals surface area contributed by atoms with Gasteiger partial charge in [0.15, 0.2) is 0 Å². The Morgan fingerprint density at radius 2 is 2.04 bits per heavy atom. The first-order chi connectivity index (χ1) is 13.7. The summed E-state index contributed by atoms with van der Waals surface area (Å²) < 4.78 is 1.60. The van der Waals surface area contributed by atoms with Crippen molar-refractivity contribution in [3.8, 4) is 0 Å². The number of carbonyl (C=O) groups is 2. The second-order valence-corrected chi connectivity index (χ2v) is 7.06. The molecule has 3 aromatic rings. The van der Waals surface area contributed by atoms with E-state index in [0.717, 1.165) is 10.9 Å². The highest BCUT2D eigenvalue weighted by Crippen LogP contribution is 2.22. The van der Waals surface area contributed by atoms with Gasteiger partial charge in [-0.15, -0.1) is 5.10 Å². The highest BCUT2D eigenvalue weighted by atomic mass is 16.2. The Hall–Kier alpha value is -3.29. The molecule has 8 nitrogen and oxygen atoms in total. The van der Waals surface area contributed by atoms with Gasteiger partial charge in [0.05, 0.1) is 6.04 Å². The summed E-state index contributed by atoms with van der Waals surface area (Å²) in [5.74, 6) is 0.0322. The van der Waals surface area contributed by atoms with Gasteiger partial charge in [-0.3, -0.25) is 9.59 Å². The Kier molecular flexibility index (Phi) is 5.27. The monoisotopic (exact) mass is 378 g/mol. The minimum absolute atomic E-state index is 0.0436. The number of aromatic nitrogens is 4. The number of nitrogens with zero attached hydrogens (tertiary/aromatic N) is 5. The smallest absolute Gasteiger partial charge is 0.225 e. The van der Waals surface area contributed by atoms with Crippen LogP contribution in [0.5, 0.6) is 0 Å². The number of hydrogen-bond acceptors (Lipinski definition) is 5. The lowest BCUT2D eigenvalue weighted by atomic mass is 10.0. The van der Waals surface area contributed by atoms with Crippen molar-refractivity contribution in [2.75, 3.05) is 6.54 Å². The van der Waals surface area contributed by atoms with Gasteiger partial charge in [-0.2, -0.15) is 0 Å². The molecule has 0 saturated carbocycles. The maximum absolute atomic E-state index is 12.4. The molecule has 2 amide bonds. The summed E-state index contributed by atoms with van der Waals surface area (Å²) in [6.45, 7) is 1.70. The average molecular weight is 378 g/mol. The summed E-state index contributed by atoms with van der Waals surface area (Å²) in [4.78, 5) is 26.4. The van der Waals surface area contributed by atoms with Gasteiger partial charge in [-0.05, 0) is 33.2 Å². The van der Waals surface area contributed by atoms with Crippen LogP contribution in [0.4, 0.5) is 0 Å². The number of carbonyl (C=O) groups excluding carboxylic acids is 2. The van der Waals surface area contributed by atoms with Crippen LogP contribution in [-0.4, -0.2) is 49.5 Å². The number of amides is 2. The van der Waals surface area contributed by atoms with E-state index in [-0.39, 0.29) is 17.9 Å². The van der Waals surface area contributed by atoms with Gasteiger partial charge in [-0.1, -0.05) is 42.5 Å². The minimum atomic E-state index is -0.136. The van der Waals surface area contributed by atoms with Crippen LogP contribution in [0.3, 0.4) is 0 Å². The van der Waals surface area contributed by atoms with Crippen molar-refractivity contribution < 1.29 is 9.59 Å². The number of nitrogens with one attached hydrogen (secondary N) is 1. The van der Waals surface area contributed by atoms with E-state index in [1.165, 1.54) is 11.7 Å². The first-order valence-corrected chi connectivity index (χ1v) is 9.43. The largest absolute Gasteiger partial charge is 0.351 e. The maximum Gasteiger partial charge on any atom is 0.225 e. The molecule has 1 N–H and O–H groups in total. The minimum Gasteiger partial charge on any atom is -0.351 e. The summed E-state index contributed by atoms with van der Waals surface area (Å²) in [5.41, 5.74) is 1.12. The Balaban J connectivity index is 1.30. The van der Waals surface area contributed by atoms with Crippen LogP contribution >= 0.6 is 0 Å². The number of fused-ring (bicyclic) bond motifs is 1. The number of benzene rings is 2. The van der Waals surface area contributed by atoms with E-state index in [9.17, 15) is 9.59 Å². The molecule has 0 aliphatic carbocycles. The zero-order valence-corrected chi connectivity index (χ0v) is 15.5. The van der Waals surface area contributed by atoms with E-state index in [1.807, 2.05) is 23.1 Å². The van der Waals surface area contributed by atoms with Crippen molar-refractivity contribution >= 4 is 22.6 Å². The maximum atomic E-state index is 12.4. The third kappa shape index (κ3) is 4.16. The fourth-order valence-electron chi connectivity index (χ4n) is 3.64. The van der Waals surface area contributed by atoms with E-state index in [0.29, 0.717) is 38.9 Å². The van der Waals surface area contributed by atoms with Crippen LogP contribution in [0.1, 0.15) is 24.8 Å². The van der Waals surface area contributed by atoms with E-state index >= 15 is 0 Å². The van der Waals surface area contributed by atoms with Gasteiger partial charge in [-0.25, -0.2) is 4.68 Å². The molecule has 4 rings (SSSR count). The summed E-state index contributed by atoms with van der Waals surface area (Å²) in [5, 5.41) is 16.2. The van der Waals surface area contributed by atoms with Crippen LogP contribution in [0.2, 0.25) is 0 Å². The SMILES string of the molecule is O=C(CCCn1cnnn1)N[C@@H]1CC(=O)N(Cc2cccc3ccccc23)C1. The molecule has 0 spiro atoms. The molecule has 1 atom stereocenters. The van der Waals surface area contributed by atoms with Crippen molar-refractivity contribution in [3.05, 3.63) is 54.4 Å². The molecule has 1 fully saturated rings. The fraction of sp³-hybridized carbons (Fsp3) is 0.350. The van der Waals surface area contributed by atoms with Crippen LogP contribution in [0.15, 0.2) is 48.8 Å². The van der Waals surface area contributed by atoms with E-state index in [1.54, 1.807) is 4.68 Å². The Bertz CT molecular complexity index is 967. The van der Waals surface area contributed by atoms with E-state index in [2.05, 4.69) is 45.1 Å². The molecule has 1 aliphatic heterocycles. The number of rotatable bonds is 7. The average Bonchev–Trinajstić information content (AvgIpc) is 3.32. The summed E-state index contributed by atoms with van der Waals surface area (Å²) in [7, 11) is 0. The second kappa shape index (κ2) is 8.16. The summed E-state index contributed by atoms with van der Waals surface area (Å²) in [6.07, 6.45) is 2.91. The first-order valence-electron chi connectivity index (χ1n) is 9.43. The number of likely N-dealkylation sites (tertiary alicyclic amines) is 1. The molecule has 0 bridgehead atoms. The van der Waals surface area contributed by atoms with Crippen molar-refractivity contribution in [2.24, 2.45) is 0 Å². The van der Waals surface area contributed by atoms with Crippen LogP contribution < -0.4 is 5.32 Å². The fourth-order valence-corrected chi connectivity index (χ4v) is 3.64. The third-order valence-electron chi connectivity index (χ3n) is 5.00. The van der Waals surface area contributed by atoms with Crippen LogP contribution in [-0.2, 0) is 22.7 Å². The van der Waals surface area contributed by atoms with Gasteiger partial charge in [0, 0.05) is 32.5 Å². The molecule has 1 aliphatic rings. The first kappa shape index (κ1) is 18.1. The molecule has 144 valence electrons. The van der Waals surface area contributed by atoms with Gasteiger partial charge >= 0.3 is 0 Å². The predicted molar refractivity (Wildman–Crippen MR) is 103 cm³/mol. The van der Waals surface area contributed by atoms with Crippen molar-refractivity contribution in [1.29, 1.82) is 0 Å². The molecular formula is C20H22N6O2. The molecule has 1 aromatic heterocycles. The van der Waals surface area contributed by atoms with E-state index < -0.39 is 0 Å².